The van der Waals surface area contributed by atoms with Crippen molar-refractivity contribution in [1.29, 1.82) is 0 Å². The van der Waals surface area contributed by atoms with Gasteiger partial charge in [-0.2, -0.15) is 65.9 Å². The van der Waals surface area contributed by atoms with Crippen LogP contribution in [0.3, 0.4) is 0 Å². The molecule has 0 atom stereocenters. The van der Waals surface area contributed by atoms with Gasteiger partial charge in [-0.3, -0.25) is 0 Å². The number of rotatable bonds is 3. The molecule has 0 aromatic carbocycles. The average molecular weight is 370 g/mol. The Kier molecular flexibility index (Phi) is 4.74. The first-order chi connectivity index (χ1) is 9.12. The van der Waals surface area contributed by atoms with Crippen molar-refractivity contribution < 1.29 is 65.9 Å². The lowest BCUT2D eigenvalue weighted by atomic mass is 9.90. The molecular formula is C7HF15. The van der Waals surface area contributed by atoms with Crippen LogP contribution in [0.25, 0.3) is 0 Å². The van der Waals surface area contributed by atoms with Crippen molar-refractivity contribution in [2.24, 2.45) is 5.92 Å². The van der Waals surface area contributed by atoms with E-state index in [0.29, 0.717) is 0 Å². The Balaban J connectivity index is 6.30. The fourth-order valence-electron chi connectivity index (χ4n) is 1.17. The summed E-state index contributed by atoms with van der Waals surface area (Å²) in [6.07, 6.45) is -22.1. The van der Waals surface area contributed by atoms with E-state index < -0.39 is 42.2 Å². The molecule has 15 heteroatoms. The van der Waals surface area contributed by atoms with Gasteiger partial charge in [-0.15, -0.1) is 0 Å². The lowest BCUT2D eigenvalue weighted by Gasteiger charge is -2.38. The highest BCUT2D eigenvalue weighted by molar-refractivity contribution is 5.06. The van der Waals surface area contributed by atoms with Gasteiger partial charge in [0.2, 0.25) is 5.92 Å². The van der Waals surface area contributed by atoms with Crippen molar-refractivity contribution in [1.82, 2.24) is 0 Å². The van der Waals surface area contributed by atoms with Crippen LogP contribution in [-0.2, 0) is 0 Å². The molecule has 0 nitrogen and oxygen atoms in total. The molecular weight excluding hydrogens is 369 g/mol. The van der Waals surface area contributed by atoms with E-state index in [1.165, 1.54) is 0 Å². The van der Waals surface area contributed by atoms with Gasteiger partial charge in [0.05, 0.1) is 0 Å². The predicted molar refractivity (Wildman–Crippen MR) is 36.5 cm³/mol. The molecule has 0 saturated heterocycles. The van der Waals surface area contributed by atoms with Gasteiger partial charge in [-0.25, -0.2) is 0 Å². The number of hydrogen-bond donors (Lipinski definition) is 0. The maximum atomic E-state index is 12.7. The van der Waals surface area contributed by atoms with Crippen molar-refractivity contribution in [2.45, 2.75) is 36.3 Å². The van der Waals surface area contributed by atoms with Crippen molar-refractivity contribution >= 4 is 0 Å². The van der Waals surface area contributed by atoms with Gasteiger partial charge >= 0.3 is 36.3 Å². The Morgan fingerprint density at radius 2 is 0.682 bits per heavy atom. The SMILES string of the molecule is FC(F)(F)C(C(F)(F)F)C(F)(F)C(F)(F)C(F)(F)C(F)(F)F. The van der Waals surface area contributed by atoms with E-state index >= 15 is 0 Å². The second-order valence-electron chi connectivity index (χ2n) is 3.79. The molecule has 0 N–H and O–H groups in total. The zero-order valence-corrected chi connectivity index (χ0v) is 9.25. The van der Waals surface area contributed by atoms with Crippen LogP contribution in [0.2, 0.25) is 0 Å². The quantitative estimate of drug-likeness (QED) is 0.600. The Labute approximate surface area is 109 Å². The fraction of sp³-hybridized carbons (Fsp3) is 1.00. The van der Waals surface area contributed by atoms with Crippen LogP contribution in [0.1, 0.15) is 0 Å². The van der Waals surface area contributed by atoms with Gasteiger partial charge in [0, 0.05) is 0 Å². The summed E-state index contributed by atoms with van der Waals surface area (Å²) in [6.45, 7) is 0. The summed E-state index contributed by atoms with van der Waals surface area (Å²) in [5.74, 6) is -30.1. The number of halogens is 15. The van der Waals surface area contributed by atoms with Crippen LogP contribution in [0, 0.1) is 5.92 Å². The molecule has 0 unspecified atom stereocenters. The molecule has 22 heavy (non-hydrogen) atoms. The average Bonchev–Trinajstić information content (AvgIpc) is 2.08. The molecule has 0 heterocycles. The zero-order chi connectivity index (χ0) is 18.6. The normalized spacial score (nSPS) is 16.4. The Hall–Kier alpha value is -1.05. The molecule has 0 spiro atoms. The van der Waals surface area contributed by atoms with E-state index in [-0.39, 0.29) is 0 Å². The van der Waals surface area contributed by atoms with E-state index in [9.17, 15) is 65.9 Å². The molecule has 0 aliphatic carbocycles. The van der Waals surface area contributed by atoms with Crippen LogP contribution < -0.4 is 0 Å². The Bertz CT molecular complexity index is 378. The van der Waals surface area contributed by atoms with Crippen LogP contribution in [0.15, 0.2) is 0 Å². The summed E-state index contributed by atoms with van der Waals surface area (Å²) in [5, 5.41) is 0. The third-order valence-electron chi connectivity index (χ3n) is 2.19. The van der Waals surface area contributed by atoms with Gasteiger partial charge in [-0.05, 0) is 0 Å². The first-order valence-electron chi connectivity index (χ1n) is 4.45. The highest BCUT2D eigenvalue weighted by atomic mass is 19.4. The predicted octanol–water partition coefficient (Wildman–Crippen LogP) is 5.20. The smallest absolute Gasteiger partial charge is 0.199 e. The molecule has 0 aliphatic heterocycles. The van der Waals surface area contributed by atoms with Gasteiger partial charge < -0.3 is 0 Å². The van der Waals surface area contributed by atoms with Crippen molar-refractivity contribution in [3.05, 3.63) is 0 Å². The second-order valence-corrected chi connectivity index (χ2v) is 3.79. The molecule has 0 bridgehead atoms. The Morgan fingerprint density at radius 1 is 0.409 bits per heavy atom. The van der Waals surface area contributed by atoms with E-state index in [1.54, 1.807) is 0 Å². The standard InChI is InChI=1S/C7HF15/c8-2(9,1(3(10,11)12)4(13,14)15)5(16,17)6(18,19)7(20,21)22/h1H. The molecule has 0 aromatic heterocycles. The molecule has 0 aromatic rings. The van der Waals surface area contributed by atoms with E-state index in [1.807, 2.05) is 0 Å². The minimum absolute atomic E-state index is 6.43. The molecule has 134 valence electrons. The molecule has 0 fully saturated rings. The molecule has 0 radical (unpaired) electrons. The van der Waals surface area contributed by atoms with Crippen molar-refractivity contribution in [3.8, 4) is 0 Å². The summed E-state index contributed by atoms with van der Waals surface area (Å²) in [4.78, 5) is 0. The summed E-state index contributed by atoms with van der Waals surface area (Å²) in [6, 6.07) is 0. The molecule has 0 amide bonds. The topological polar surface area (TPSA) is 0 Å². The number of alkyl halides is 15. The first-order valence-corrected chi connectivity index (χ1v) is 4.45. The third kappa shape index (κ3) is 3.16. The van der Waals surface area contributed by atoms with E-state index in [0.717, 1.165) is 0 Å². The monoisotopic (exact) mass is 370 g/mol. The molecule has 0 saturated carbocycles. The van der Waals surface area contributed by atoms with Crippen LogP contribution >= 0.6 is 0 Å². The lowest BCUT2D eigenvalue weighted by molar-refractivity contribution is -0.436. The second kappa shape index (κ2) is 4.97. The third-order valence-corrected chi connectivity index (χ3v) is 2.19. The van der Waals surface area contributed by atoms with Crippen LogP contribution in [-0.4, -0.2) is 36.3 Å². The van der Waals surface area contributed by atoms with Crippen molar-refractivity contribution in [3.63, 3.8) is 0 Å². The Morgan fingerprint density at radius 3 is 0.864 bits per heavy atom. The highest BCUT2D eigenvalue weighted by Gasteiger charge is 2.88. The van der Waals surface area contributed by atoms with E-state index in [2.05, 4.69) is 0 Å². The minimum Gasteiger partial charge on any atom is -0.199 e. The zero-order valence-electron chi connectivity index (χ0n) is 9.25. The van der Waals surface area contributed by atoms with Crippen LogP contribution in [0.4, 0.5) is 65.9 Å². The number of hydrogen-bond acceptors (Lipinski definition) is 0. The van der Waals surface area contributed by atoms with E-state index in [4.69, 9.17) is 0 Å². The van der Waals surface area contributed by atoms with Gasteiger partial charge in [0.1, 0.15) is 0 Å². The maximum absolute atomic E-state index is 12.7. The van der Waals surface area contributed by atoms with Gasteiger partial charge in [0.25, 0.3) is 0 Å². The largest absolute Gasteiger partial charge is 0.460 e. The summed E-state index contributed by atoms with van der Waals surface area (Å²) in [7, 11) is 0. The molecule has 0 rings (SSSR count). The maximum Gasteiger partial charge on any atom is 0.460 e. The first kappa shape index (κ1) is 20.9. The summed E-state index contributed by atoms with van der Waals surface area (Å²) < 4.78 is 181. The fourth-order valence-corrected chi connectivity index (χ4v) is 1.17. The minimum atomic E-state index is -8.02. The molecule has 0 aliphatic rings. The van der Waals surface area contributed by atoms with Crippen molar-refractivity contribution in [2.75, 3.05) is 0 Å². The summed E-state index contributed by atoms with van der Waals surface area (Å²) in [5.41, 5.74) is 0. The summed E-state index contributed by atoms with van der Waals surface area (Å²) >= 11 is 0. The van der Waals surface area contributed by atoms with Gasteiger partial charge in [0.15, 0.2) is 0 Å². The lowest BCUT2D eigenvalue weighted by Crippen LogP contribution is -2.67. The van der Waals surface area contributed by atoms with Gasteiger partial charge in [-0.1, -0.05) is 0 Å². The van der Waals surface area contributed by atoms with Crippen LogP contribution in [0.5, 0.6) is 0 Å². The highest BCUT2D eigenvalue weighted by Crippen LogP contribution is 2.60.